The van der Waals surface area contributed by atoms with Crippen LogP contribution in [0.15, 0.2) is 6.07 Å². The first kappa shape index (κ1) is 9.23. The summed E-state index contributed by atoms with van der Waals surface area (Å²) in [7, 11) is 0. The van der Waals surface area contributed by atoms with Gasteiger partial charge in [-0.05, 0) is 0 Å². The van der Waals surface area contributed by atoms with Crippen LogP contribution in [0.4, 0.5) is 18.9 Å². The van der Waals surface area contributed by atoms with Crippen LogP contribution in [0.3, 0.4) is 0 Å². The fraction of sp³-hybridized carbons (Fsp3) is 0. The van der Waals surface area contributed by atoms with Crippen LogP contribution in [0.5, 0.6) is 0 Å². The van der Waals surface area contributed by atoms with Crippen molar-refractivity contribution in [3.63, 3.8) is 0 Å². The average Bonchev–Trinajstić information content (AvgIpc) is 1.98. The molecule has 0 aliphatic heterocycles. The second-order valence-electron chi connectivity index (χ2n) is 1.97. The number of hydrogen-bond donors (Lipinski definition) is 1. The SMILES string of the molecule is O=[N+]([O-])Nc1cc(F)nc(F)c1F. The van der Waals surface area contributed by atoms with Gasteiger partial charge in [-0.2, -0.15) is 18.2 Å². The largest absolute Gasteiger partial charge is 0.253 e. The molecular formula is C5H2F3N3O2. The van der Waals surface area contributed by atoms with Crippen molar-refractivity contribution in [2.75, 3.05) is 5.43 Å². The van der Waals surface area contributed by atoms with E-state index in [4.69, 9.17) is 0 Å². The molecule has 0 saturated heterocycles. The summed E-state index contributed by atoms with van der Waals surface area (Å²) in [5.41, 5.74) is 0.374. The van der Waals surface area contributed by atoms with E-state index in [1.54, 1.807) is 0 Å². The lowest BCUT2D eigenvalue weighted by atomic mass is 10.4. The Labute approximate surface area is 69.3 Å². The van der Waals surface area contributed by atoms with E-state index in [1.165, 1.54) is 5.43 Å². The van der Waals surface area contributed by atoms with Gasteiger partial charge in [0.2, 0.25) is 11.8 Å². The number of aromatic nitrogens is 1. The third-order valence-electron chi connectivity index (χ3n) is 1.10. The van der Waals surface area contributed by atoms with Gasteiger partial charge in [-0.15, -0.1) is 5.43 Å². The smallest absolute Gasteiger partial charge is 0.235 e. The zero-order valence-corrected chi connectivity index (χ0v) is 5.92. The van der Waals surface area contributed by atoms with E-state index < -0.39 is 28.4 Å². The Morgan fingerprint density at radius 3 is 2.62 bits per heavy atom. The average molecular weight is 193 g/mol. The fourth-order valence-electron chi connectivity index (χ4n) is 0.648. The minimum absolute atomic E-state index is 0.376. The zero-order chi connectivity index (χ0) is 10.0. The highest BCUT2D eigenvalue weighted by Crippen LogP contribution is 2.16. The van der Waals surface area contributed by atoms with Crippen LogP contribution in [0.1, 0.15) is 0 Å². The number of nitrogens with one attached hydrogen (secondary N) is 1. The summed E-state index contributed by atoms with van der Waals surface area (Å²) in [5.74, 6) is -4.68. The maximum Gasteiger partial charge on any atom is 0.253 e. The van der Waals surface area contributed by atoms with Gasteiger partial charge in [0, 0.05) is 6.07 Å². The lowest BCUT2D eigenvalue weighted by Gasteiger charge is -1.99. The van der Waals surface area contributed by atoms with Crippen molar-refractivity contribution in [3.05, 3.63) is 33.9 Å². The highest BCUT2D eigenvalue weighted by Gasteiger charge is 2.15. The predicted octanol–water partition coefficient (Wildman–Crippen LogP) is 1.10. The van der Waals surface area contributed by atoms with Crippen LogP contribution < -0.4 is 5.43 Å². The Morgan fingerprint density at radius 1 is 1.46 bits per heavy atom. The normalized spacial score (nSPS) is 9.77. The van der Waals surface area contributed by atoms with Crippen LogP contribution in [0.2, 0.25) is 0 Å². The summed E-state index contributed by atoms with van der Waals surface area (Å²) >= 11 is 0. The molecule has 8 heteroatoms. The lowest BCUT2D eigenvalue weighted by molar-refractivity contribution is -0.445. The number of hydrogen-bond acceptors (Lipinski definition) is 3. The molecule has 13 heavy (non-hydrogen) atoms. The van der Waals surface area contributed by atoms with E-state index in [0.29, 0.717) is 6.07 Å². The standard InChI is InChI=1S/C5H2F3N3O2/c6-3-1-2(10-11(12)13)4(7)5(8)9-3/h1H,(H,9,10). The number of nitrogens with zero attached hydrogens (tertiary/aromatic N) is 2. The molecule has 0 aliphatic carbocycles. The molecule has 1 N–H and O–H groups in total. The van der Waals surface area contributed by atoms with Gasteiger partial charge in [0.25, 0.3) is 5.95 Å². The molecule has 0 atom stereocenters. The van der Waals surface area contributed by atoms with Crippen LogP contribution in [0, 0.1) is 27.8 Å². The summed E-state index contributed by atoms with van der Waals surface area (Å²) in [6.45, 7) is 0. The van der Waals surface area contributed by atoms with Gasteiger partial charge < -0.3 is 0 Å². The monoisotopic (exact) mass is 193 g/mol. The molecule has 0 aliphatic rings. The Balaban J connectivity index is 3.12. The molecule has 1 aromatic heterocycles. The second-order valence-corrected chi connectivity index (χ2v) is 1.97. The molecule has 0 radical (unpaired) electrons. The van der Waals surface area contributed by atoms with Gasteiger partial charge in [0.05, 0.1) is 0 Å². The molecule has 1 heterocycles. The molecule has 0 spiro atoms. The van der Waals surface area contributed by atoms with E-state index in [1.807, 2.05) is 0 Å². The predicted molar refractivity (Wildman–Crippen MR) is 34.7 cm³/mol. The van der Waals surface area contributed by atoms with Gasteiger partial charge >= 0.3 is 0 Å². The molecule has 5 nitrogen and oxygen atoms in total. The number of anilines is 1. The van der Waals surface area contributed by atoms with Gasteiger partial charge in [0.1, 0.15) is 5.69 Å². The maximum atomic E-state index is 12.6. The third-order valence-corrected chi connectivity index (χ3v) is 1.10. The first-order valence-corrected chi connectivity index (χ1v) is 2.93. The van der Waals surface area contributed by atoms with Crippen LogP contribution >= 0.6 is 0 Å². The Bertz CT molecular complexity index is 357. The van der Waals surface area contributed by atoms with Crippen molar-refractivity contribution in [3.8, 4) is 0 Å². The Hall–Kier alpha value is -1.86. The van der Waals surface area contributed by atoms with E-state index >= 15 is 0 Å². The highest BCUT2D eigenvalue weighted by atomic mass is 19.2. The minimum atomic E-state index is -1.73. The summed E-state index contributed by atoms with van der Waals surface area (Å²) in [4.78, 5) is 12.3. The van der Waals surface area contributed by atoms with Crippen LogP contribution in [-0.4, -0.2) is 10.0 Å². The maximum absolute atomic E-state index is 12.6. The summed E-state index contributed by atoms with van der Waals surface area (Å²) in [6, 6.07) is 0.376. The highest BCUT2D eigenvalue weighted by molar-refractivity contribution is 5.40. The number of halogens is 3. The zero-order valence-electron chi connectivity index (χ0n) is 5.92. The van der Waals surface area contributed by atoms with Crippen molar-refractivity contribution < 1.29 is 18.2 Å². The van der Waals surface area contributed by atoms with Gasteiger partial charge in [-0.3, -0.25) is 0 Å². The van der Waals surface area contributed by atoms with Crippen molar-refractivity contribution >= 4 is 5.69 Å². The van der Waals surface area contributed by atoms with E-state index in [-0.39, 0.29) is 0 Å². The first-order valence-electron chi connectivity index (χ1n) is 2.93. The summed E-state index contributed by atoms with van der Waals surface area (Å²) in [6.07, 6.45) is 0. The molecule has 0 unspecified atom stereocenters. The topological polar surface area (TPSA) is 68.1 Å². The molecule has 1 rings (SSSR count). The van der Waals surface area contributed by atoms with Crippen LogP contribution in [-0.2, 0) is 0 Å². The quantitative estimate of drug-likeness (QED) is 0.433. The van der Waals surface area contributed by atoms with E-state index in [2.05, 4.69) is 4.98 Å². The Kier molecular flexibility index (Phi) is 2.31. The fourth-order valence-corrected chi connectivity index (χ4v) is 0.648. The van der Waals surface area contributed by atoms with Gasteiger partial charge in [-0.1, -0.05) is 0 Å². The Morgan fingerprint density at radius 2 is 2.08 bits per heavy atom. The van der Waals surface area contributed by atoms with Crippen molar-refractivity contribution in [2.45, 2.75) is 0 Å². The van der Waals surface area contributed by atoms with Gasteiger partial charge in [0.15, 0.2) is 5.03 Å². The number of hydrazine groups is 1. The molecule has 0 bridgehead atoms. The second kappa shape index (κ2) is 3.25. The molecule has 1 aromatic rings. The number of nitro groups is 1. The minimum Gasteiger partial charge on any atom is -0.235 e. The molecule has 70 valence electrons. The van der Waals surface area contributed by atoms with E-state index in [0.717, 1.165) is 0 Å². The molecule has 0 aromatic carbocycles. The molecule has 0 fully saturated rings. The summed E-state index contributed by atoms with van der Waals surface area (Å²) < 4.78 is 37.2. The van der Waals surface area contributed by atoms with E-state index in [9.17, 15) is 23.3 Å². The van der Waals surface area contributed by atoms with Gasteiger partial charge in [-0.25, -0.2) is 10.1 Å². The number of pyridine rings is 1. The summed E-state index contributed by atoms with van der Waals surface area (Å²) in [5, 5.41) is 8.66. The van der Waals surface area contributed by atoms with Crippen molar-refractivity contribution in [1.29, 1.82) is 0 Å². The third kappa shape index (κ3) is 2.04. The van der Waals surface area contributed by atoms with Crippen LogP contribution in [0.25, 0.3) is 0 Å². The molecular weight excluding hydrogens is 191 g/mol. The molecule has 0 amide bonds. The lowest BCUT2D eigenvalue weighted by Crippen LogP contribution is -2.11. The van der Waals surface area contributed by atoms with Crippen molar-refractivity contribution in [1.82, 2.24) is 4.98 Å². The first-order chi connectivity index (χ1) is 6.00. The number of rotatable bonds is 2. The van der Waals surface area contributed by atoms with Crippen molar-refractivity contribution in [2.24, 2.45) is 0 Å². The molecule has 0 saturated carbocycles.